The highest BCUT2D eigenvalue weighted by atomic mass is 15.0. The summed E-state index contributed by atoms with van der Waals surface area (Å²) < 4.78 is 0. The summed E-state index contributed by atoms with van der Waals surface area (Å²) >= 11 is 0. The second kappa shape index (κ2) is 1.94. The fourth-order valence-electron chi connectivity index (χ4n) is 0.322. The second-order valence-corrected chi connectivity index (χ2v) is 1.20. The van der Waals surface area contributed by atoms with Crippen LogP contribution >= 0.6 is 0 Å². The van der Waals surface area contributed by atoms with Gasteiger partial charge in [-0.25, -0.2) is 15.0 Å². The van der Waals surface area contributed by atoms with Crippen LogP contribution in [-0.4, -0.2) is 30.6 Å². The van der Waals surface area contributed by atoms with Crippen LogP contribution in [-0.2, 0) is 0 Å². The largest absolute Gasteiger partial charge is 0.243 e. The Morgan fingerprint density at radius 2 is 1.62 bits per heavy atom. The van der Waals surface area contributed by atoms with E-state index in [-0.39, 0.29) is 11.4 Å². The number of hydrogen-bond acceptors (Lipinski definition) is 3. The topological polar surface area (TPSA) is 38.7 Å². The van der Waals surface area contributed by atoms with Gasteiger partial charge in [0.05, 0.1) is 11.4 Å². The van der Waals surface area contributed by atoms with Gasteiger partial charge in [-0.1, -0.05) is 0 Å². The van der Waals surface area contributed by atoms with E-state index in [4.69, 9.17) is 15.7 Å². The van der Waals surface area contributed by atoms with Crippen molar-refractivity contribution in [3.05, 3.63) is 6.33 Å². The maximum absolute atomic E-state index is 5.12. The minimum atomic E-state index is 0.150. The Bertz CT molecular complexity index is 172. The van der Waals surface area contributed by atoms with Crippen LogP contribution in [0.15, 0.2) is 6.33 Å². The maximum Gasteiger partial charge on any atom is 0.170 e. The normalized spacial score (nSPS) is 9.00. The molecule has 0 atom stereocenters. The molecule has 1 aromatic heterocycles. The van der Waals surface area contributed by atoms with Crippen LogP contribution in [0.1, 0.15) is 0 Å². The van der Waals surface area contributed by atoms with Gasteiger partial charge < -0.3 is 0 Å². The first-order valence-corrected chi connectivity index (χ1v) is 1.99. The van der Waals surface area contributed by atoms with Crippen molar-refractivity contribution in [1.29, 1.82) is 0 Å². The zero-order valence-corrected chi connectivity index (χ0v) is 4.07. The van der Waals surface area contributed by atoms with Gasteiger partial charge in [-0.2, -0.15) is 0 Å². The van der Waals surface area contributed by atoms with E-state index in [0.717, 1.165) is 0 Å². The predicted molar refractivity (Wildman–Crippen MR) is 30.6 cm³/mol. The summed E-state index contributed by atoms with van der Waals surface area (Å²) in [5.74, 6) is 0. The van der Waals surface area contributed by atoms with Crippen molar-refractivity contribution in [3.63, 3.8) is 0 Å². The number of hydrogen-bond donors (Lipinski definition) is 0. The van der Waals surface area contributed by atoms with Gasteiger partial charge in [-0.05, 0) is 0 Å². The van der Waals surface area contributed by atoms with Crippen LogP contribution in [0.25, 0.3) is 0 Å². The molecule has 0 N–H and O–H groups in total. The highest BCUT2D eigenvalue weighted by Crippen LogP contribution is 1.51. The summed E-state index contributed by atoms with van der Waals surface area (Å²) in [6, 6.07) is 0. The molecule has 0 bridgehead atoms. The molecular formula is C3HB2N3. The van der Waals surface area contributed by atoms with Gasteiger partial charge in [0, 0.05) is 0 Å². The van der Waals surface area contributed by atoms with E-state index in [0.29, 0.717) is 0 Å². The molecule has 1 aromatic rings. The molecule has 3 nitrogen and oxygen atoms in total. The molecule has 0 amide bonds. The first kappa shape index (κ1) is 5.28. The van der Waals surface area contributed by atoms with Gasteiger partial charge in [0.2, 0.25) is 0 Å². The lowest BCUT2D eigenvalue weighted by atomic mass is 10.1. The minimum Gasteiger partial charge on any atom is -0.243 e. The molecule has 0 aliphatic heterocycles. The number of rotatable bonds is 0. The fraction of sp³-hybridized carbons (Fsp3) is 0. The number of nitrogens with zero attached hydrogens (tertiary/aromatic N) is 3. The third-order valence-electron chi connectivity index (χ3n) is 0.609. The minimum absolute atomic E-state index is 0.150. The van der Waals surface area contributed by atoms with Crippen LogP contribution in [0.4, 0.5) is 0 Å². The zero-order chi connectivity index (χ0) is 5.98. The maximum atomic E-state index is 5.12. The van der Waals surface area contributed by atoms with Crippen molar-refractivity contribution in [3.8, 4) is 0 Å². The third-order valence-corrected chi connectivity index (χ3v) is 0.609. The van der Waals surface area contributed by atoms with Gasteiger partial charge in [0.25, 0.3) is 0 Å². The predicted octanol–water partition coefficient (Wildman–Crippen LogP) is -2.54. The van der Waals surface area contributed by atoms with Gasteiger partial charge >= 0.3 is 0 Å². The molecule has 0 saturated carbocycles. The molecule has 4 radical (unpaired) electrons. The van der Waals surface area contributed by atoms with Gasteiger partial charge in [-0.3, -0.25) is 0 Å². The molecule has 8 heavy (non-hydrogen) atoms. The van der Waals surface area contributed by atoms with Gasteiger partial charge in [0.1, 0.15) is 6.33 Å². The Morgan fingerprint density at radius 3 is 1.88 bits per heavy atom. The van der Waals surface area contributed by atoms with E-state index < -0.39 is 0 Å². The van der Waals surface area contributed by atoms with Gasteiger partial charge in [0.15, 0.2) is 15.7 Å². The molecule has 1 rings (SSSR count). The molecule has 0 aromatic carbocycles. The molecule has 0 aliphatic carbocycles. The molecular weight excluding hydrogens is 99.7 g/mol. The van der Waals surface area contributed by atoms with E-state index >= 15 is 0 Å². The summed E-state index contributed by atoms with van der Waals surface area (Å²) in [5.41, 5.74) is 0.301. The van der Waals surface area contributed by atoms with Crippen molar-refractivity contribution in [2.24, 2.45) is 0 Å². The standard InChI is InChI=1S/C3HB2N3/c4-2-6-1-7-3(5)8-2/h1H. The summed E-state index contributed by atoms with van der Waals surface area (Å²) in [6.07, 6.45) is 1.26. The van der Waals surface area contributed by atoms with Crippen molar-refractivity contribution >= 4 is 27.1 Å². The summed E-state index contributed by atoms with van der Waals surface area (Å²) in [4.78, 5) is 10.5. The third kappa shape index (κ3) is 1.05. The van der Waals surface area contributed by atoms with E-state index in [9.17, 15) is 0 Å². The Hall–Kier alpha value is -0.860. The van der Waals surface area contributed by atoms with E-state index in [1.54, 1.807) is 0 Å². The average Bonchev–Trinajstić information content (AvgIpc) is 1.64. The lowest BCUT2D eigenvalue weighted by molar-refractivity contribution is 1.14. The van der Waals surface area contributed by atoms with Crippen molar-refractivity contribution in [2.75, 3.05) is 0 Å². The SMILES string of the molecule is [B]c1ncnc([B])n1. The molecule has 0 aliphatic rings. The lowest BCUT2D eigenvalue weighted by Crippen LogP contribution is -2.25. The molecule has 0 spiro atoms. The summed E-state index contributed by atoms with van der Waals surface area (Å²) in [5, 5.41) is 0. The van der Waals surface area contributed by atoms with Crippen molar-refractivity contribution < 1.29 is 0 Å². The number of aromatic nitrogens is 3. The molecule has 5 heteroatoms. The van der Waals surface area contributed by atoms with Crippen molar-refractivity contribution in [1.82, 2.24) is 15.0 Å². The van der Waals surface area contributed by atoms with Gasteiger partial charge in [-0.15, -0.1) is 0 Å². The van der Waals surface area contributed by atoms with Crippen molar-refractivity contribution in [2.45, 2.75) is 0 Å². The molecule has 34 valence electrons. The lowest BCUT2D eigenvalue weighted by Gasteiger charge is -1.89. The molecule has 0 unspecified atom stereocenters. The molecule has 1 heterocycles. The Morgan fingerprint density at radius 1 is 1.12 bits per heavy atom. The van der Waals surface area contributed by atoms with Crippen LogP contribution < -0.4 is 11.4 Å². The Kier molecular flexibility index (Phi) is 1.28. The summed E-state index contributed by atoms with van der Waals surface area (Å²) in [7, 11) is 10.2. The first-order valence-electron chi connectivity index (χ1n) is 1.99. The van der Waals surface area contributed by atoms with E-state index in [1.165, 1.54) is 6.33 Å². The van der Waals surface area contributed by atoms with Crippen LogP contribution in [0.3, 0.4) is 0 Å². The van der Waals surface area contributed by atoms with Crippen LogP contribution in [0, 0.1) is 0 Å². The van der Waals surface area contributed by atoms with Crippen LogP contribution in [0.5, 0.6) is 0 Å². The Balaban J connectivity index is 3.08. The zero-order valence-electron chi connectivity index (χ0n) is 4.07. The second-order valence-electron chi connectivity index (χ2n) is 1.20. The van der Waals surface area contributed by atoms with E-state index in [1.807, 2.05) is 0 Å². The van der Waals surface area contributed by atoms with Crippen LogP contribution in [0.2, 0.25) is 0 Å². The monoisotopic (exact) mass is 101 g/mol. The highest BCUT2D eigenvalue weighted by molar-refractivity contribution is 6.32. The highest BCUT2D eigenvalue weighted by Gasteiger charge is 1.84. The fourth-order valence-corrected chi connectivity index (χ4v) is 0.322. The Labute approximate surface area is 49.4 Å². The van der Waals surface area contributed by atoms with E-state index in [2.05, 4.69) is 15.0 Å². The quantitative estimate of drug-likeness (QED) is 0.338. The first-order chi connectivity index (χ1) is 3.79. The molecule has 0 fully saturated rings. The summed E-state index contributed by atoms with van der Waals surface area (Å²) in [6.45, 7) is 0. The smallest absolute Gasteiger partial charge is 0.170 e. The molecule has 0 saturated heterocycles. The average molecular weight is 101 g/mol.